The number of epoxide rings is 1. The average molecular weight is 821 g/mol. The average Bonchev–Trinajstić information content (AvgIpc) is 3.91. The maximum Gasteiger partial charge on any atom is 0.472 e. The van der Waals surface area contributed by atoms with Gasteiger partial charge in [-0.2, -0.15) is 0 Å². The van der Waals surface area contributed by atoms with Crippen molar-refractivity contribution in [3.63, 3.8) is 0 Å². The standard InChI is InChI=1S/C46H78NO9P/c1-6-8-10-11-12-13-14-15-16-17-18-22-25-28-32-36-45(48)52-40-42(41-54-57(50,51)53-39-38-47(3,4)5)55-46(49)37-33-29-26-23-20-19-21-24-27-31-35-44-43(56-44)34-30-9-7-2/h12-13,15-16,18-19,21-23,26-27,31,42-44H,6-11,14,17,20,24-25,28-30,32-41H2,1-5H3/p+1/b13-12-,16-15-,21-19-,22-18-,26-23-,31-27-/t42-,43?,44?/m1/s1. The van der Waals surface area contributed by atoms with Crippen molar-refractivity contribution < 1.29 is 46.8 Å². The Morgan fingerprint density at radius 1 is 0.649 bits per heavy atom. The van der Waals surface area contributed by atoms with Gasteiger partial charge in [-0.25, -0.2) is 4.57 Å². The smallest absolute Gasteiger partial charge is 0.462 e. The summed E-state index contributed by atoms with van der Waals surface area (Å²) in [5.74, 6) is -0.922. The lowest BCUT2D eigenvalue weighted by molar-refractivity contribution is -0.870. The second-order valence-electron chi connectivity index (χ2n) is 15.8. The van der Waals surface area contributed by atoms with Gasteiger partial charge >= 0.3 is 19.8 Å². The summed E-state index contributed by atoms with van der Waals surface area (Å²) < 4.78 is 39.9. The molecule has 0 radical (unpaired) electrons. The first-order valence-electron chi connectivity index (χ1n) is 21.8. The van der Waals surface area contributed by atoms with Crippen LogP contribution in [0.25, 0.3) is 0 Å². The lowest BCUT2D eigenvalue weighted by Gasteiger charge is -2.24. The summed E-state index contributed by atoms with van der Waals surface area (Å²) in [6.07, 6.45) is 44.2. The second-order valence-corrected chi connectivity index (χ2v) is 17.2. The molecule has 0 aromatic rings. The van der Waals surface area contributed by atoms with Gasteiger partial charge in [-0.1, -0.05) is 119 Å². The predicted molar refractivity (Wildman–Crippen MR) is 233 cm³/mol. The number of hydrogen-bond donors (Lipinski definition) is 1. The van der Waals surface area contributed by atoms with Crippen LogP contribution in [-0.4, -0.2) is 87.1 Å². The van der Waals surface area contributed by atoms with Crippen LogP contribution in [0.1, 0.15) is 142 Å². The molecular formula is C46H79NO9P+. The van der Waals surface area contributed by atoms with Crippen LogP contribution in [0.5, 0.6) is 0 Å². The molecule has 3 unspecified atom stereocenters. The number of hydrogen-bond acceptors (Lipinski definition) is 8. The van der Waals surface area contributed by atoms with Crippen molar-refractivity contribution in [3.8, 4) is 0 Å². The highest BCUT2D eigenvalue weighted by Crippen LogP contribution is 2.43. The van der Waals surface area contributed by atoms with Crippen molar-refractivity contribution in [1.82, 2.24) is 0 Å². The first-order chi connectivity index (χ1) is 27.5. The minimum atomic E-state index is -4.40. The Morgan fingerprint density at radius 2 is 1.18 bits per heavy atom. The summed E-state index contributed by atoms with van der Waals surface area (Å²) in [7, 11) is 1.40. The summed E-state index contributed by atoms with van der Waals surface area (Å²) >= 11 is 0. The zero-order chi connectivity index (χ0) is 41.9. The fraction of sp³-hybridized carbons (Fsp3) is 0.696. The molecule has 10 nitrogen and oxygen atoms in total. The van der Waals surface area contributed by atoms with Crippen LogP contribution in [0.2, 0.25) is 0 Å². The van der Waals surface area contributed by atoms with Crippen molar-refractivity contribution >= 4 is 19.8 Å². The van der Waals surface area contributed by atoms with Crippen LogP contribution < -0.4 is 0 Å². The van der Waals surface area contributed by atoms with Crippen molar-refractivity contribution in [2.75, 3.05) is 47.5 Å². The zero-order valence-electron chi connectivity index (χ0n) is 36.2. The maximum atomic E-state index is 12.7. The molecule has 0 aromatic heterocycles. The van der Waals surface area contributed by atoms with Crippen LogP contribution in [0, 0.1) is 0 Å². The highest BCUT2D eigenvalue weighted by molar-refractivity contribution is 7.47. The van der Waals surface area contributed by atoms with Crippen molar-refractivity contribution in [2.45, 2.75) is 161 Å². The molecule has 11 heteroatoms. The third-order valence-electron chi connectivity index (χ3n) is 9.13. The molecule has 0 aliphatic carbocycles. The van der Waals surface area contributed by atoms with E-state index < -0.39 is 32.5 Å². The Bertz CT molecular complexity index is 1270. The van der Waals surface area contributed by atoms with E-state index in [4.69, 9.17) is 23.3 Å². The van der Waals surface area contributed by atoms with Gasteiger partial charge in [0.15, 0.2) is 6.10 Å². The lowest BCUT2D eigenvalue weighted by atomic mass is 10.1. The number of esters is 2. The summed E-state index contributed by atoms with van der Waals surface area (Å²) in [5, 5.41) is 0. The molecule has 1 heterocycles. The first kappa shape index (κ1) is 52.4. The van der Waals surface area contributed by atoms with E-state index in [1.54, 1.807) is 0 Å². The monoisotopic (exact) mass is 821 g/mol. The molecule has 326 valence electrons. The zero-order valence-corrected chi connectivity index (χ0v) is 37.1. The van der Waals surface area contributed by atoms with Gasteiger partial charge in [0.1, 0.15) is 19.8 Å². The molecule has 1 fully saturated rings. The fourth-order valence-corrected chi connectivity index (χ4v) is 6.32. The molecule has 1 aliphatic rings. The minimum absolute atomic E-state index is 0.00961. The number of carbonyl (C=O) groups excluding carboxylic acids is 2. The number of likely N-dealkylation sites (N-methyl/N-ethyl adjacent to an activating group) is 1. The van der Waals surface area contributed by atoms with Crippen molar-refractivity contribution in [1.29, 1.82) is 0 Å². The van der Waals surface area contributed by atoms with Gasteiger partial charge in [0.25, 0.3) is 0 Å². The molecule has 0 amide bonds. The summed E-state index contributed by atoms with van der Waals surface area (Å²) in [6, 6.07) is 0. The Kier molecular flexibility index (Phi) is 31.5. The number of rotatable bonds is 37. The van der Waals surface area contributed by atoms with Gasteiger partial charge in [-0.15, -0.1) is 0 Å². The molecule has 57 heavy (non-hydrogen) atoms. The minimum Gasteiger partial charge on any atom is -0.462 e. The van der Waals surface area contributed by atoms with Crippen LogP contribution in [-0.2, 0) is 37.4 Å². The predicted octanol–water partition coefficient (Wildman–Crippen LogP) is 11.2. The fourth-order valence-electron chi connectivity index (χ4n) is 5.58. The third kappa shape index (κ3) is 35.1. The molecule has 1 N–H and O–H groups in total. The number of nitrogens with zero attached hydrogens (tertiary/aromatic N) is 1. The summed E-state index contributed by atoms with van der Waals surface area (Å²) in [4.78, 5) is 35.3. The lowest BCUT2D eigenvalue weighted by Crippen LogP contribution is -2.37. The quantitative estimate of drug-likeness (QED) is 0.0163. The molecule has 0 spiro atoms. The number of quaternary nitrogens is 1. The van der Waals surface area contributed by atoms with E-state index in [1.807, 2.05) is 27.2 Å². The molecule has 4 atom stereocenters. The van der Waals surface area contributed by atoms with Crippen molar-refractivity contribution in [2.24, 2.45) is 0 Å². The van der Waals surface area contributed by atoms with Crippen LogP contribution in [0.3, 0.4) is 0 Å². The SMILES string of the molecule is CCCCC/C=C\C/C=C\C/C=C\CCCCC(=O)OC[C@H](COP(=O)(O)OCC[N+](C)(C)C)OC(=O)CCC/C=C\C/C=C\C/C=C\CC1OC1CCCCC. The van der Waals surface area contributed by atoms with E-state index >= 15 is 0 Å². The topological polar surface area (TPSA) is 121 Å². The molecular weight excluding hydrogens is 741 g/mol. The Morgan fingerprint density at radius 3 is 1.77 bits per heavy atom. The van der Waals surface area contributed by atoms with E-state index in [9.17, 15) is 19.0 Å². The van der Waals surface area contributed by atoms with E-state index in [-0.39, 0.29) is 26.1 Å². The number of allylic oxidation sites excluding steroid dienone is 11. The Balaban J connectivity index is 2.36. The van der Waals surface area contributed by atoms with Gasteiger partial charge < -0.3 is 23.6 Å². The molecule has 1 rings (SSSR count). The van der Waals surface area contributed by atoms with Crippen LogP contribution in [0.15, 0.2) is 72.9 Å². The van der Waals surface area contributed by atoms with Crippen LogP contribution >= 0.6 is 7.82 Å². The van der Waals surface area contributed by atoms with E-state index in [0.29, 0.717) is 42.5 Å². The number of phosphoric acid groups is 1. The number of unbranched alkanes of at least 4 members (excludes halogenated alkanes) is 8. The molecule has 1 saturated heterocycles. The number of ether oxygens (including phenoxy) is 3. The summed E-state index contributed by atoms with van der Waals surface area (Å²) in [6.45, 7) is 4.22. The first-order valence-corrected chi connectivity index (χ1v) is 23.3. The van der Waals surface area contributed by atoms with Gasteiger partial charge in [-0.05, 0) is 83.5 Å². The molecule has 0 saturated carbocycles. The Labute approximate surface area is 346 Å². The number of phosphoric ester groups is 1. The van der Waals surface area contributed by atoms with Gasteiger partial charge in [-0.3, -0.25) is 18.6 Å². The van der Waals surface area contributed by atoms with E-state index in [0.717, 1.165) is 51.4 Å². The highest BCUT2D eigenvalue weighted by Gasteiger charge is 2.36. The van der Waals surface area contributed by atoms with Gasteiger partial charge in [0, 0.05) is 12.8 Å². The third-order valence-corrected chi connectivity index (χ3v) is 10.1. The van der Waals surface area contributed by atoms with E-state index in [2.05, 4.69) is 80.7 Å². The molecule has 0 aromatic carbocycles. The summed E-state index contributed by atoms with van der Waals surface area (Å²) in [5.41, 5.74) is 0. The number of carbonyl (C=O) groups is 2. The van der Waals surface area contributed by atoms with Crippen LogP contribution in [0.4, 0.5) is 0 Å². The Hall–Kier alpha value is -2.59. The molecule has 0 bridgehead atoms. The highest BCUT2D eigenvalue weighted by atomic mass is 31.2. The largest absolute Gasteiger partial charge is 0.472 e. The van der Waals surface area contributed by atoms with Crippen molar-refractivity contribution in [3.05, 3.63) is 72.9 Å². The van der Waals surface area contributed by atoms with Gasteiger partial charge in [0.05, 0.1) is 40.0 Å². The normalized spacial score (nSPS) is 17.9. The maximum absolute atomic E-state index is 12.7. The van der Waals surface area contributed by atoms with Gasteiger partial charge in [0.2, 0.25) is 0 Å². The molecule has 1 aliphatic heterocycles. The van der Waals surface area contributed by atoms with E-state index in [1.165, 1.54) is 44.9 Å². The second kappa shape index (κ2) is 34.3.